The number of hydrogen-bond acceptors (Lipinski definition) is 3. The van der Waals surface area contributed by atoms with Crippen molar-refractivity contribution >= 4 is 5.91 Å². The summed E-state index contributed by atoms with van der Waals surface area (Å²) in [5.41, 5.74) is 5.62. The van der Waals surface area contributed by atoms with E-state index < -0.39 is 6.04 Å². The third kappa shape index (κ3) is 2.60. The molecule has 0 spiro atoms. The largest absolute Gasteiger partial charge is 0.467 e. The Hall–Kier alpha value is -1.29. The van der Waals surface area contributed by atoms with E-state index in [0.717, 1.165) is 5.76 Å². The summed E-state index contributed by atoms with van der Waals surface area (Å²) in [5, 5.41) is 0. The average Bonchev–Trinajstić information content (AvgIpc) is 2.68. The summed E-state index contributed by atoms with van der Waals surface area (Å²) in [7, 11) is 1.72. The van der Waals surface area contributed by atoms with Gasteiger partial charge in [0.25, 0.3) is 0 Å². The van der Waals surface area contributed by atoms with Crippen LogP contribution in [0.1, 0.15) is 19.1 Å². The lowest BCUT2D eigenvalue weighted by Crippen LogP contribution is -2.40. The first-order valence-electron chi connectivity index (χ1n) is 4.68. The molecular formula is C10H16N2O2. The molecule has 2 N–H and O–H groups in total. The van der Waals surface area contributed by atoms with Gasteiger partial charge in [0, 0.05) is 7.05 Å². The van der Waals surface area contributed by atoms with Crippen molar-refractivity contribution in [3.05, 3.63) is 24.2 Å². The number of carbonyl (C=O) groups excluding carboxylic acids is 1. The van der Waals surface area contributed by atoms with Crippen LogP contribution in [0.4, 0.5) is 0 Å². The minimum atomic E-state index is -0.407. The Bertz CT molecular complexity index is 282. The summed E-state index contributed by atoms with van der Waals surface area (Å²) in [6.07, 6.45) is 2.24. The van der Waals surface area contributed by atoms with Crippen LogP contribution in [-0.2, 0) is 11.3 Å². The highest BCUT2D eigenvalue weighted by atomic mass is 16.3. The van der Waals surface area contributed by atoms with E-state index in [2.05, 4.69) is 0 Å². The zero-order valence-electron chi connectivity index (χ0n) is 8.56. The van der Waals surface area contributed by atoms with E-state index in [1.165, 1.54) is 0 Å². The van der Waals surface area contributed by atoms with Crippen molar-refractivity contribution in [3.8, 4) is 0 Å². The first-order chi connectivity index (χ1) is 6.65. The van der Waals surface area contributed by atoms with Gasteiger partial charge in [-0.1, -0.05) is 6.92 Å². The van der Waals surface area contributed by atoms with E-state index in [4.69, 9.17) is 10.2 Å². The van der Waals surface area contributed by atoms with Crippen LogP contribution in [0, 0.1) is 0 Å². The van der Waals surface area contributed by atoms with Crippen LogP contribution in [0.5, 0.6) is 0 Å². The van der Waals surface area contributed by atoms with E-state index >= 15 is 0 Å². The maximum atomic E-state index is 11.6. The monoisotopic (exact) mass is 196 g/mol. The highest BCUT2D eigenvalue weighted by Gasteiger charge is 2.16. The van der Waals surface area contributed by atoms with Crippen LogP contribution in [-0.4, -0.2) is 23.9 Å². The molecule has 1 heterocycles. The Balaban J connectivity index is 2.50. The normalized spacial score (nSPS) is 12.5. The zero-order valence-corrected chi connectivity index (χ0v) is 8.56. The number of rotatable bonds is 4. The minimum Gasteiger partial charge on any atom is -0.467 e. The Morgan fingerprint density at radius 3 is 2.93 bits per heavy atom. The van der Waals surface area contributed by atoms with Crippen LogP contribution in [0.2, 0.25) is 0 Å². The Kier molecular flexibility index (Phi) is 3.71. The molecule has 0 saturated carbocycles. The highest BCUT2D eigenvalue weighted by molar-refractivity contribution is 5.81. The Morgan fingerprint density at radius 2 is 2.43 bits per heavy atom. The molecule has 78 valence electrons. The number of hydrogen-bond donors (Lipinski definition) is 1. The van der Waals surface area contributed by atoms with Gasteiger partial charge in [-0.3, -0.25) is 4.79 Å². The molecule has 4 nitrogen and oxygen atoms in total. The Labute approximate surface area is 83.7 Å². The van der Waals surface area contributed by atoms with Gasteiger partial charge in [0.15, 0.2) is 0 Å². The first kappa shape index (κ1) is 10.8. The van der Waals surface area contributed by atoms with E-state index in [1.807, 2.05) is 13.0 Å². The van der Waals surface area contributed by atoms with Crippen LogP contribution in [0.3, 0.4) is 0 Å². The molecule has 1 rings (SSSR count). The maximum absolute atomic E-state index is 11.6. The van der Waals surface area contributed by atoms with E-state index in [-0.39, 0.29) is 5.91 Å². The molecule has 4 heteroatoms. The molecule has 1 aromatic rings. The third-order valence-corrected chi connectivity index (χ3v) is 2.11. The summed E-state index contributed by atoms with van der Waals surface area (Å²) in [6.45, 7) is 2.36. The number of furan rings is 1. The van der Waals surface area contributed by atoms with Crippen molar-refractivity contribution in [2.45, 2.75) is 25.9 Å². The molecule has 0 aliphatic heterocycles. The van der Waals surface area contributed by atoms with Gasteiger partial charge in [0.05, 0.1) is 18.8 Å². The van der Waals surface area contributed by atoms with Gasteiger partial charge < -0.3 is 15.1 Å². The quantitative estimate of drug-likeness (QED) is 0.780. The van der Waals surface area contributed by atoms with Gasteiger partial charge in [-0.25, -0.2) is 0 Å². The van der Waals surface area contributed by atoms with Crippen molar-refractivity contribution in [1.29, 1.82) is 0 Å². The summed E-state index contributed by atoms with van der Waals surface area (Å²) in [5.74, 6) is 0.716. The molecular weight excluding hydrogens is 180 g/mol. The van der Waals surface area contributed by atoms with Crippen molar-refractivity contribution in [3.63, 3.8) is 0 Å². The second-order valence-electron chi connectivity index (χ2n) is 3.29. The molecule has 14 heavy (non-hydrogen) atoms. The van der Waals surface area contributed by atoms with Crippen molar-refractivity contribution in [2.75, 3.05) is 7.05 Å². The van der Waals surface area contributed by atoms with Crippen molar-refractivity contribution in [2.24, 2.45) is 5.73 Å². The van der Waals surface area contributed by atoms with Crippen LogP contribution in [0.25, 0.3) is 0 Å². The summed E-state index contributed by atoms with van der Waals surface area (Å²) in [4.78, 5) is 13.1. The number of amides is 1. The lowest BCUT2D eigenvalue weighted by molar-refractivity contribution is -0.132. The average molecular weight is 196 g/mol. The van der Waals surface area contributed by atoms with E-state index in [1.54, 1.807) is 24.3 Å². The molecule has 0 radical (unpaired) electrons. The topological polar surface area (TPSA) is 59.5 Å². The predicted molar refractivity (Wildman–Crippen MR) is 53.4 cm³/mol. The van der Waals surface area contributed by atoms with Gasteiger partial charge >= 0.3 is 0 Å². The molecule has 1 amide bonds. The zero-order chi connectivity index (χ0) is 10.6. The highest BCUT2D eigenvalue weighted by Crippen LogP contribution is 2.05. The molecule has 1 atom stereocenters. The number of nitrogens with two attached hydrogens (primary N) is 1. The maximum Gasteiger partial charge on any atom is 0.239 e. The van der Waals surface area contributed by atoms with Gasteiger partial charge in [-0.2, -0.15) is 0 Å². The van der Waals surface area contributed by atoms with Crippen LogP contribution < -0.4 is 5.73 Å². The SMILES string of the molecule is CCC(N)C(=O)N(C)Cc1ccco1. The third-order valence-electron chi connectivity index (χ3n) is 2.11. The smallest absolute Gasteiger partial charge is 0.239 e. The first-order valence-corrected chi connectivity index (χ1v) is 4.68. The second kappa shape index (κ2) is 4.81. The lowest BCUT2D eigenvalue weighted by Gasteiger charge is -2.19. The second-order valence-corrected chi connectivity index (χ2v) is 3.29. The fraction of sp³-hybridized carbons (Fsp3) is 0.500. The minimum absolute atomic E-state index is 0.0519. The molecule has 0 aromatic carbocycles. The number of likely N-dealkylation sites (N-methyl/N-ethyl adjacent to an activating group) is 1. The standard InChI is InChI=1S/C10H16N2O2/c1-3-9(11)10(13)12(2)7-8-5-4-6-14-8/h4-6,9H,3,7,11H2,1-2H3. The van der Waals surface area contributed by atoms with E-state index in [9.17, 15) is 4.79 Å². The van der Waals surface area contributed by atoms with Gasteiger partial charge in [0.2, 0.25) is 5.91 Å². The summed E-state index contributed by atoms with van der Waals surface area (Å²) in [6, 6.07) is 3.23. The van der Waals surface area contributed by atoms with Crippen molar-refractivity contribution < 1.29 is 9.21 Å². The molecule has 0 fully saturated rings. The molecule has 0 bridgehead atoms. The van der Waals surface area contributed by atoms with Gasteiger partial charge in [-0.15, -0.1) is 0 Å². The van der Waals surface area contributed by atoms with Gasteiger partial charge in [-0.05, 0) is 18.6 Å². The fourth-order valence-corrected chi connectivity index (χ4v) is 1.17. The predicted octanol–water partition coefficient (Wildman–Crippen LogP) is 0.975. The summed E-state index contributed by atoms with van der Waals surface area (Å²) >= 11 is 0. The lowest BCUT2D eigenvalue weighted by atomic mass is 10.2. The van der Waals surface area contributed by atoms with Gasteiger partial charge in [0.1, 0.15) is 5.76 Å². The number of carbonyl (C=O) groups is 1. The van der Waals surface area contributed by atoms with Crippen molar-refractivity contribution in [1.82, 2.24) is 4.90 Å². The number of nitrogens with zero attached hydrogens (tertiary/aromatic N) is 1. The molecule has 1 aromatic heterocycles. The molecule has 0 saturated heterocycles. The van der Waals surface area contributed by atoms with Crippen LogP contribution >= 0.6 is 0 Å². The Morgan fingerprint density at radius 1 is 1.71 bits per heavy atom. The van der Waals surface area contributed by atoms with Crippen LogP contribution in [0.15, 0.2) is 22.8 Å². The fourth-order valence-electron chi connectivity index (χ4n) is 1.17. The summed E-state index contributed by atoms with van der Waals surface area (Å²) < 4.78 is 5.13. The molecule has 0 aliphatic carbocycles. The molecule has 1 unspecified atom stereocenters. The molecule has 0 aliphatic rings. The van der Waals surface area contributed by atoms with E-state index in [0.29, 0.717) is 13.0 Å².